The number of oxime groups is 1. The van der Waals surface area contributed by atoms with Crippen LogP contribution in [0, 0.1) is 45.3 Å². The maximum absolute atomic E-state index is 11.8. The fourth-order valence-corrected chi connectivity index (χ4v) is 10.4. The molecule has 0 bridgehead atoms. The fraction of sp³-hybridized carbons (Fsp3) is 0.903. The molecule has 35 heavy (non-hydrogen) atoms. The number of hydrogen-bond acceptors (Lipinski definition) is 4. The van der Waals surface area contributed by atoms with Crippen LogP contribution in [0.15, 0.2) is 16.8 Å². The van der Waals surface area contributed by atoms with Gasteiger partial charge in [0, 0.05) is 5.41 Å². The smallest absolute Gasteiger partial charge is 0.106 e. The molecule has 4 aliphatic carbocycles. The van der Waals surface area contributed by atoms with Gasteiger partial charge in [-0.05, 0) is 118 Å². The number of hydrogen-bond donors (Lipinski definition) is 2. The summed E-state index contributed by atoms with van der Waals surface area (Å²) in [4.78, 5) is 5.25. The van der Waals surface area contributed by atoms with E-state index < -0.39 is 5.60 Å². The molecule has 4 nitrogen and oxygen atoms in total. The molecule has 0 aromatic carbocycles. The van der Waals surface area contributed by atoms with Gasteiger partial charge in [-0.15, -0.1) is 0 Å². The van der Waals surface area contributed by atoms with Crippen LogP contribution in [0.25, 0.3) is 0 Å². The molecule has 0 heterocycles. The van der Waals surface area contributed by atoms with Crippen molar-refractivity contribution in [2.24, 2.45) is 50.5 Å². The summed E-state index contributed by atoms with van der Waals surface area (Å²) in [6.45, 7) is 18.6. The van der Waals surface area contributed by atoms with Crippen molar-refractivity contribution >= 4 is 5.71 Å². The van der Waals surface area contributed by atoms with Gasteiger partial charge in [-0.2, -0.15) is 0 Å². The lowest BCUT2D eigenvalue weighted by Crippen LogP contribution is -2.66. The zero-order valence-corrected chi connectivity index (χ0v) is 24.1. The lowest BCUT2D eigenvalue weighted by atomic mass is 9.35. The van der Waals surface area contributed by atoms with E-state index in [1.54, 1.807) is 7.11 Å². The molecule has 0 aromatic rings. The molecule has 0 spiro atoms. The molecule has 4 unspecified atom stereocenters. The summed E-state index contributed by atoms with van der Waals surface area (Å²) < 4.78 is 0. The van der Waals surface area contributed by atoms with Gasteiger partial charge >= 0.3 is 0 Å². The first-order valence-corrected chi connectivity index (χ1v) is 14.3. The van der Waals surface area contributed by atoms with Gasteiger partial charge in [0.2, 0.25) is 0 Å². The third-order valence-corrected chi connectivity index (χ3v) is 12.4. The second-order valence-electron chi connectivity index (χ2n) is 14.6. The SMILES string of the molecule is CO/N=C1\CC[C@@]2(C)C(CC[C@]3(C)C2C[C@@H](O)C2C([C@@](C)(O)CCC=C(C)C)CC[C@]23C)C1(C)C. The van der Waals surface area contributed by atoms with E-state index in [4.69, 9.17) is 4.84 Å². The number of aliphatic hydroxyl groups is 2. The van der Waals surface area contributed by atoms with E-state index in [1.807, 2.05) is 6.92 Å². The van der Waals surface area contributed by atoms with Crippen molar-refractivity contribution in [3.63, 3.8) is 0 Å². The second-order valence-corrected chi connectivity index (χ2v) is 14.6. The van der Waals surface area contributed by atoms with Crippen LogP contribution in [0.5, 0.6) is 0 Å². The Morgan fingerprint density at radius 2 is 1.71 bits per heavy atom. The maximum atomic E-state index is 11.8. The van der Waals surface area contributed by atoms with Gasteiger partial charge < -0.3 is 15.1 Å². The number of rotatable bonds is 5. The minimum Gasteiger partial charge on any atom is -0.399 e. The zero-order valence-electron chi connectivity index (χ0n) is 24.1. The van der Waals surface area contributed by atoms with E-state index in [9.17, 15) is 10.2 Å². The second kappa shape index (κ2) is 8.86. The van der Waals surface area contributed by atoms with Gasteiger partial charge in [0.25, 0.3) is 0 Å². The third-order valence-electron chi connectivity index (χ3n) is 12.4. The quantitative estimate of drug-likeness (QED) is 0.320. The van der Waals surface area contributed by atoms with E-state index in [0.717, 1.165) is 44.9 Å². The maximum Gasteiger partial charge on any atom is 0.106 e. The fourth-order valence-electron chi connectivity index (χ4n) is 10.4. The van der Waals surface area contributed by atoms with Crippen LogP contribution in [0.2, 0.25) is 0 Å². The Kier molecular flexibility index (Phi) is 6.88. The van der Waals surface area contributed by atoms with Crippen molar-refractivity contribution in [1.82, 2.24) is 0 Å². The Hall–Kier alpha value is -0.870. The molecule has 200 valence electrons. The number of allylic oxidation sites excluding steroid dienone is 2. The first-order chi connectivity index (χ1) is 16.1. The van der Waals surface area contributed by atoms with Gasteiger partial charge in [0.05, 0.1) is 17.4 Å². The predicted molar refractivity (Wildman–Crippen MR) is 144 cm³/mol. The van der Waals surface area contributed by atoms with E-state index in [0.29, 0.717) is 11.8 Å². The Morgan fingerprint density at radius 3 is 2.34 bits per heavy atom. The van der Waals surface area contributed by atoms with Crippen molar-refractivity contribution in [1.29, 1.82) is 0 Å². The molecule has 9 atom stereocenters. The van der Waals surface area contributed by atoms with Crippen LogP contribution < -0.4 is 0 Å². The number of aliphatic hydroxyl groups excluding tert-OH is 1. The van der Waals surface area contributed by atoms with Crippen molar-refractivity contribution in [2.75, 3.05) is 7.11 Å². The van der Waals surface area contributed by atoms with Crippen LogP contribution >= 0.6 is 0 Å². The lowest BCUT2D eigenvalue weighted by Gasteiger charge is -2.70. The molecule has 4 rings (SSSR count). The van der Waals surface area contributed by atoms with Crippen LogP contribution in [-0.2, 0) is 4.84 Å². The average Bonchev–Trinajstić information content (AvgIpc) is 3.12. The molecule has 0 radical (unpaired) electrons. The lowest BCUT2D eigenvalue weighted by molar-refractivity contribution is -0.226. The van der Waals surface area contributed by atoms with Gasteiger partial charge in [-0.1, -0.05) is 51.4 Å². The average molecular weight is 488 g/mol. The Balaban J connectivity index is 1.66. The molecule has 4 fully saturated rings. The summed E-state index contributed by atoms with van der Waals surface area (Å²) in [5.74, 6) is 1.38. The highest BCUT2D eigenvalue weighted by molar-refractivity contribution is 5.90. The van der Waals surface area contributed by atoms with Crippen LogP contribution in [0.4, 0.5) is 0 Å². The van der Waals surface area contributed by atoms with Crippen LogP contribution in [0.3, 0.4) is 0 Å². The standard InChI is InChI=1S/C31H53NO3/c1-20(2)11-10-15-31(8,34)21-12-17-30(7)26(21)22(33)19-24-28(5)16-14-25(32-35-9)27(3,4)23(28)13-18-29(24,30)6/h11,21-24,26,33-34H,10,12-19H2,1-9H3/b32-25+/t21?,22-,23?,24?,26?,28+,29-,30-,31+/m1/s1. The molecule has 0 amide bonds. The minimum absolute atomic E-state index is 0.0137. The first-order valence-electron chi connectivity index (χ1n) is 14.3. The first kappa shape index (κ1) is 27.2. The summed E-state index contributed by atoms with van der Waals surface area (Å²) in [6, 6.07) is 0. The highest BCUT2D eigenvalue weighted by Crippen LogP contribution is 2.75. The van der Waals surface area contributed by atoms with Crippen molar-refractivity contribution in [3.05, 3.63) is 11.6 Å². The molecule has 0 aromatic heterocycles. The predicted octanol–water partition coefficient (Wildman–Crippen LogP) is 7.14. The third kappa shape index (κ3) is 3.95. The Labute approximate surface area is 215 Å². The van der Waals surface area contributed by atoms with Gasteiger partial charge in [-0.3, -0.25) is 0 Å². The van der Waals surface area contributed by atoms with Crippen LogP contribution in [0.1, 0.15) is 113 Å². The molecular formula is C31H53NO3. The van der Waals surface area contributed by atoms with E-state index in [1.165, 1.54) is 24.1 Å². The molecular weight excluding hydrogens is 434 g/mol. The van der Waals surface area contributed by atoms with Crippen molar-refractivity contribution in [3.8, 4) is 0 Å². The van der Waals surface area contributed by atoms with Crippen molar-refractivity contribution in [2.45, 2.75) is 125 Å². The minimum atomic E-state index is -0.738. The van der Waals surface area contributed by atoms with E-state index >= 15 is 0 Å². The van der Waals surface area contributed by atoms with E-state index in [2.05, 4.69) is 59.7 Å². The Bertz CT molecular complexity index is 870. The Morgan fingerprint density at radius 1 is 1.06 bits per heavy atom. The largest absolute Gasteiger partial charge is 0.399 e. The molecule has 4 aliphatic rings. The highest BCUT2D eigenvalue weighted by atomic mass is 16.6. The van der Waals surface area contributed by atoms with Gasteiger partial charge in [0.15, 0.2) is 0 Å². The zero-order chi connectivity index (χ0) is 26.0. The monoisotopic (exact) mass is 487 g/mol. The highest BCUT2D eigenvalue weighted by Gasteiger charge is 2.71. The molecule has 0 saturated heterocycles. The van der Waals surface area contributed by atoms with Crippen molar-refractivity contribution < 1.29 is 15.1 Å². The summed E-state index contributed by atoms with van der Waals surface area (Å²) in [5.41, 5.74) is 2.21. The molecule has 2 N–H and O–H groups in total. The number of fused-ring (bicyclic) bond motifs is 5. The molecule has 4 saturated carbocycles. The summed E-state index contributed by atoms with van der Waals surface area (Å²) in [7, 11) is 1.67. The topological polar surface area (TPSA) is 62.0 Å². The normalized spacial score (nSPS) is 47.3. The van der Waals surface area contributed by atoms with Gasteiger partial charge in [-0.25, -0.2) is 0 Å². The summed E-state index contributed by atoms with van der Waals surface area (Å²) in [6.07, 6.45) is 11.1. The number of nitrogens with zero attached hydrogens (tertiary/aromatic N) is 1. The van der Waals surface area contributed by atoms with E-state index in [-0.39, 0.29) is 39.6 Å². The summed E-state index contributed by atoms with van der Waals surface area (Å²) in [5, 5.41) is 28.0. The van der Waals surface area contributed by atoms with Crippen LogP contribution in [-0.4, -0.2) is 34.7 Å². The van der Waals surface area contributed by atoms with Gasteiger partial charge in [0.1, 0.15) is 7.11 Å². The molecule has 0 aliphatic heterocycles. The summed E-state index contributed by atoms with van der Waals surface area (Å²) >= 11 is 0. The molecule has 4 heteroatoms.